The van der Waals surface area contributed by atoms with E-state index < -0.39 is 0 Å². The molecule has 0 unspecified atom stereocenters. The third kappa shape index (κ3) is 3.63. The number of rotatable bonds is 4. The van der Waals surface area contributed by atoms with Gasteiger partial charge in [-0.15, -0.1) is 0 Å². The van der Waals surface area contributed by atoms with Gasteiger partial charge in [0.2, 0.25) is 5.91 Å². The number of carbonyl (C=O) groups is 2. The van der Waals surface area contributed by atoms with Crippen LogP contribution in [0.4, 0.5) is 0 Å². The van der Waals surface area contributed by atoms with Crippen molar-refractivity contribution in [1.82, 2.24) is 10.2 Å². The number of allylic oxidation sites excluding steroid dienone is 4. The third-order valence-electron chi connectivity index (χ3n) is 9.79. The van der Waals surface area contributed by atoms with Crippen molar-refractivity contribution in [2.75, 3.05) is 14.1 Å². The van der Waals surface area contributed by atoms with Gasteiger partial charge in [-0.3, -0.25) is 9.59 Å². The van der Waals surface area contributed by atoms with Crippen LogP contribution in [-0.4, -0.2) is 36.7 Å². The Bertz CT molecular complexity index is 880. The van der Waals surface area contributed by atoms with Crippen molar-refractivity contribution in [3.63, 3.8) is 0 Å². The van der Waals surface area contributed by atoms with Gasteiger partial charge >= 0.3 is 0 Å². The zero-order valence-electron chi connectivity index (χ0n) is 21.1. The van der Waals surface area contributed by atoms with Crippen LogP contribution in [0.15, 0.2) is 35.6 Å². The van der Waals surface area contributed by atoms with Gasteiger partial charge in [0.1, 0.15) is 0 Å². The minimum Gasteiger partial charge on any atom is -0.320 e. The number of fused-ring (bicyclic) bond motifs is 5. The normalized spacial score (nSPS) is 41.3. The number of hydrogen-bond donors (Lipinski definition) is 1. The molecule has 2 saturated carbocycles. The Morgan fingerprint density at radius 1 is 1.16 bits per heavy atom. The van der Waals surface area contributed by atoms with Crippen molar-refractivity contribution in [3.8, 4) is 0 Å². The second kappa shape index (κ2) is 8.27. The average Bonchev–Trinajstić information content (AvgIpc) is 3.06. The number of amides is 1. The predicted octanol–water partition coefficient (Wildman–Crippen LogP) is 5.13. The van der Waals surface area contributed by atoms with E-state index in [2.05, 4.69) is 57.2 Å². The lowest BCUT2D eigenvalue weighted by molar-refractivity contribution is -0.139. The van der Waals surface area contributed by atoms with E-state index >= 15 is 0 Å². The molecule has 0 aromatic rings. The fraction of sp³-hybridized carbons (Fsp3) is 0.714. The van der Waals surface area contributed by atoms with E-state index in [4.69, 9.17) is 0 Å². The average molecular weight is 439 g/mol. The van der Waals surface area contributed by atoms with Crippen LogP contribution in [0.25, 0.3) is 0 Å². The lowest BCUT2D eigenvalue weighted by atomic mass is 9.45. The first-order valence-electron chi connectivity index (χ1n) is 12.5. The quantitative estimate of drug-likeness (QED) is 0.489. The Morgan fingerprint density at radius 2 is 1.88 bits per heavy atom. The van der Waals surface area contributed by atoms with Crippen LogP contribution < -0.4 is 5.32 Å². The van der Waals surface area contributed by atoms with Crippen molar-refractivity contribution in [2.45, 2.75) is 72.8 Å². The molecule has 32 heavy (non-hydrogen) atoms. The zero-order chi connectivity index (χ0) is 23.4. The van der Waals surface area contributed by atoms with Crippen LogP contribution in [0.1, 0.15) is 66.7 Å². The van der Waals surface area contributed by atoms with E-state index in [1.165, 1.54) is 12.8 Å². The summed E-state index contributed by atoms with van der Waals surface area (Å²) in [7, 11) is 4.39. The largest absolute Gasteiger partial charge is 0.320 e. The van der Waals surface area contributed by atoms with Gasteiger partial charge in [-0.2, -0.15) is 0 Å². The molecule has 0 aromatic carbocycles. The van der Waals surface area contributed by atoms with Gasteiger partial charge in [0.05, 0.1) is 5.70 Å². The van der Waals surface area contributed by atoms with Crippen molar-refractivity contribution in [2.24, 2.45) is 40.4 Å². The maximum absolute atomic E-state index is 13.4. The van der Waals surface area contributed by atoms with Crippen LogP contribution in [0, 0.1) is 40.4 Å². The highest BCUT2D eigenvalue weighted by atomic mass is 16.2. The van der Waals surface area contributed by atoms with Gasteiger partial charge in [0.25, 0.3) is 0 Å². The molecule has 4 aliphatic carbocycles. The van der Waals surface area contributed by atoms with E-state index in [1.807, 2.05) is 19.9 Å². The number of nitrogens with zero attached hydrogens (tertiary/aromatic N) is 1. The molecule has 8 atom stereocenters. The summed E-state index contributed by atoms with van der Waals surface area (Å²) in [4.78, 5) is 28.0. The molecule has 1 amide bonds. The fourth-order valence-electron chi connectivity index (χ4n) is 7.86. The lowest BCUT2D eigenvalue weighted by Gasteiger charge is -2.59. The van der Waals surface area contributed by atoms with Gasteiger partial charge in [-0.25, -0.2) is 0 Å². The number of Topliss-reactive ketones (excluding diaryl/α,β-unsaturated/α-hetero) is 1. The lowest BCUT2D eigenvalue weighted by Crippen LogP contribution is -2.56. The van der Waals surface area contributed by atoms with Crippen LogP contribution in [-0.2, 0) is 9.59 Å². The maximum Gasteiger partial charge on any atom is 0.248 e. The van der Waals surface area contributed by atoms with Gasteiger partial charge < -0.3 is 10.2 Å². The monoisotopic (exact) mass is 438 g/mol. The van der Waals surface area contributed by atoms with Crippen molar-refractivity contribution >= 4 is 11.7 Å². The smallest absolute Gasteiger partial charge is 0.248 e. The Kier molecular flexibility index (Phi) is 6.07. The maximum atomic E-state index is 13.4. The molecule has 0 aromatic heterocycles. The molecule has 0 spiro atoms. The van der Waals surface area contributed by atoms with Crippen molar-refractivity contribution in [1.29, 1.82) is 0 Å². The minimum absolute atomic E-state index is 0.00512. The molecule has 1 N–H and O–H groups in total. The van der Waals surface area contributed by atoms with Gasteiger partial charge in [0, 0.05) is 18.0 Å². The van der Waals surface area contributed by atoms with Crippen LogP contribution in [0.5, 0.6) is 0 Å². The second-order valence-corrected chi connectivity index (χ2v) is 12.0. The van der Waals surface area contributed by atoms with E-state index in [0.29, 0.717) is 40.8 Å². The van der Waals surface area contributed by atoms with E-state index in [1.54, 1.807) is 6.08 Å². The Balaban J connectivity index is 1.56. The van der Waals surface area contributed by atoms with Crippen molar-refractivity contribution < 1.29 is 9.59 Å². The Hall–Kier alpha value is -1.68. The highest BCUT2D eigenvalue weighted by Crippen LogP contribution is 2.65. The van der Waals surface area contributed by atoms with Gasteiger partial charge in [-0.1, -0.05) is 37.6 Å². The van der Waals surface area contributed by atoms with E-state index in [0.717, 1.165) is 24.8 Å². The van der Waals surface area contributed by atoms with Crippen LogP contribution in [0.3, 0.4) is 0 Å². The summed E-state index contributed by atoms with van der Waals surface area (Å²) in [5.74, 6) is 2.45. The van der Waals surface area contributed by atoms with Crippen LogP contribution >= 0.6 is 0 Å². The summed E-state index contributed by atoms with van der Waals surface area (Å²) in [6.07, 6.45) is 14.0. The molecule has 0 radical (unpaired) electrons. The van der Waals surface area contributed by atoms with E-state index in [-0.39, 0.29) is 23.0 Å². The molecule has 0 saturated heterocycles. The fourth-order valence-corrected chi connectivity index (χ4v) is 7.86. The molecule has 2 fully saturated rings. The van der Waals surface area contributed by atoms with Gasteiger partial charge in [0.15, 0.2) is 5.78 Å². The molecule has 176 valence electrons. The zero-order valence-corrected chi connectivity index (χ0v) is 21.1. The van der Waals surface area contributed by atoms with Gasteiger partial charge in [-0.05, 0) is 101 Å². The molecule has 4 heteroatoms. The standard InChI is InChI=1S/C28H42N2O2/c1-17(2)16-25(31)29-24-13-15-28(5)22-12-14-27(4)20(18(3)30(6)7)10-11-21(27)19(22)8-9-23(28)26(24)32/h10-11,13,16,18-23H,8-9,12,14-15H2,1-7H3,(H,29,31)/t18-,19+,20-,21+,22+,23-,27-,28-/m1/s1. The summed E-state index contributed by atoms with van der Waals surface area (Å²) in [6.45, 7) is 11.0. The summed E-state index contributed by atoms with van der Waals surface area (Å²) in [6, 6.07) is 0.538. The molecule has 0 bridgehead atoms. The summed E-state index contributed by atoms with van der Waals surface area (Å²) in [5, 5.41) is 2.87. The van der Waals surface area contributed by atoms with E-state index in [9.17, 15) is 9.59 Å². The molecular formula is C28H42N2O2. The molecule has 0 aliphatic heterocycles. The third-order valence-corrected chi connectivity index (χ3v) is 9.79. The SMILES string of the molecule is CC(C)=CC(=O)NC1=CC[C@@]2(C)[C@H](CC[C@H]3[C@@H]4C=C[C@H]([C@@H](C)N(C)C)[C@@]4(C)CC[C@@H]32)C1=O. The highest BCUT2D eigenvalue weighted by molar-refractivity contribution is 6.03. The minimum atomic E-state index is -0.188. The predicted molar refractivity (Wildman–Crippen MR) is 130 cm³/mol. The topological polar surface area (TPSA) is 49.4 Å². The highest BCUT2D eigenvalue weighted by Gasteiger charge is 2.60. The van der Waals surface area contributed by atoms with Crippen molar-refractivity contribution in [3.05, 3.63) is 35.6 Å². The molecule has 4 rings (SSSR count). The molecule has 4 aliphatic rings. The number of carbonyl (C=O) groups excluding carboxylic acids is 2. The molecule has 4 nitrogen and oxygen atoms in total. The Morgan fingerprint density at radius 3 is 2.53 bits per heavy atom. The van der Waals surface area contributed by atoms with Crippen LogP contribution in [0.2, 0.25) is 0 Å². The molecule has 0 heterocycles. The number of ketones is 1. The first-order chi connectivity index (χ1) is 15.0. The second-order valence-electron chi connectivity index (χ2n) is 12.0. The first kappa shape index (κ1) is 23.5. The summed E-state index contributed by atoms with van der Waals surface area (Å²) >= 11 is 0. The summed E-state index contributed by atoms with van der Waals surface area (Å²) in [5.41, 5.74) is 1.79. The summed E-state index contributed by atoms with van der Waals surface area (Å²) < 4.78 is 0. The number of nitrogens with one attached hydrogen (secondary N) is 1. The first-order valence-corrected chi connectivity index (χ1v) is 12.5. The number of hydrogen-bond acceptors (Lipinski definition) is 3. The molecular weight excluding hydrogens is 396 g/mol. The Labute approximate surface area is 194 Å².